The van der Waals surface area contributed by atoms with Crippen LogP contribution in [-0.2, 0) is 24.5 Å². The Morgan fingerprint density at radius 3 is 1.80 bits per heavy atom. The van der Waals surface area contributed by atoms with Gasteiger partial charge in [-0.3, -0.25) is 4.79 Å². The molecule has 2 aromatic carbocycles. The van der Waals surface area contributed by atoms with Gasteiger partial charge in [-0.25, -0.2) is 0 Å². The number of nitrogens with zero attached hydrogens (tertiary/aromatic N) is 2. The molecule has 1 amide bonds. The molecule has 0 radical (unpaired) electrons. The molecule has 9 heteroatoms. The van der Waals surface area contributed by atoms with Gasteiger partial charge in [0.15, 0.2) is 0 Å². The molecule has 8 nitrogen and oxygen atoms in total. The van der Waals surface area contributed by atoms with Crippen molar-refractivity contribution in [2.75, 3.05) is 26.4 Å². The van der Waals surface area contributed by atoms with Crippen LogP contribution in [0.5, 0.6) is 5.75 Å². The second kappa shape index (κ2) is 24.6. The molecule has 0 bridgehead atoms. The normalized spacial score (nSPS) is 12.5. The predicted octanol–water partition coefficient (Wildman–Crippen LogP) is 10.3. The van der Waals surface area contributed by atoms with E-state index in [-0.39, 0.29) is 12.0 Å². The summed E-state index contributed by atoms with van der Waals surface area (Å²) >= 11 is 0. The highest BCUT2D eigenvalue weighted by molar-refractivity contribution is 6.60. The average Bonchev–Trinajstić information content (AvgIpc) is 3.06. The first-order chi connectivity index (χ1) is 22.5. The molecule has 1 N–H and O–H groups in total. The summed E-state index contributed by atoms with van der Waals surface area (Å²) in [5.74, 6) is 0.969. The Kier molecular flexibility index (Phi) is 21.1. The average molecular weight is 656 g/mol. The first-order valence-corrected chi connectivity index (χ1v) is 19.9. The molecule has 46 heavy (non-hydrogen) atoms. The van der Waals surface area contributed by atoms with Gasteiger partial charge in [0.1, 0.15) is 5.75 Å². The Hall–Kier alpha value is -2.59. The maximum atomic E-state index is 11.5. The van der Waals surface area contributed by atoms with Crippen LogP contribution in [0.4, 0.5) is 11.4 Å². The number of amides is 1. The molecule has 0 spiro atoms. The summed E-state index contributed by atoms with van der Waals surface area (Å²) < 4.78 is 24.6. The molecule has 0 fully saturated rings. The third kappa shape index (κ3) is 16.8. The van der Waals surface area contributed by atoms with Crippen LogP contribution in [0.25, 0.3) is 0 Å². The molecular weight excluding hydrogens is 595 g/mol. The zero-order valence-corrected chi connectivity index (χ0v) is 30.4. The van der Waals surface area contributed by atoms with E-state index in [1.165, 1.54) is 24.8 Å². The summed E-state index contributed by atoms with van der Waals surface area (Å²) in [7, 11) is -2.60. The van der Waals surface area contributed by atoms with Gasteiger partial charge in [-0.2, -0.15) is 10.2 Å². The number of aryl methyl sites for hydroxylation is 1. The zero-order valence-electron chi connectivity index (χ0n) is 29.4. The van der Waals surface area contributed by atoms with E-state index in [2.05, 4.69) is 34.6 Å². The largest absolute Gasteiger partial charge is 0.500 e. The van der Waals surface area contributed by atoms with Gasteiger partial charge in [0, 0.05) is 38.8 Å². The molecule has 1 atom stereocenters. The van der Waals surface area contributed by atoms with Crippen LogP contribution < -0.4 is 10.1 Å². The third-order valence-corrected chi connectivity index (χ3v) is 11.0. The number of hydrogen-bond acceptors (Lipinski definition) is 7. The molecule has 0 saturated heterocycles. The Bertz CT molecular complexity index is 1060. The van der Waals surface area contributed by atoms with Gasteiger partial charge in [0.05, 0.1) is 17.5 Å². The first-order valence-electron chi connectivity index (χ1n) is 17.9. The van der Waals surface area contributed by atoms with Gasteiger partial charge in [-0.1, -0.05) is 51.7 Å². The second-order valence-corrected chi connectivity index (χ2v) is 14.4. The van der Waals surface area contributed by atoms with Crippen molar-refractivity contribution in [2.24, 2.45) is 10.2 Å². The highest BCUT2D eigenvalue weighted by Gasteiger charge is 2.39. The fourth-order valence-electron chi connectivity index (χ4n) is 5.39. The van der Waals surface area contributed by atoms with E-state index in [1.807, 2.05) is 64.1 Å². The number of carbonyl (C=O) groups is 1. The van der Waals surface area contributed by atoms with Crippen LogP contribution in [-0.4, -0.2) is 47.2 Å². The molecule has 2 rings (SSSR count). The summed E-state index contributed by atoms with van der Waals surface area (Å²) in [6, 6.07) is 17.1. The van der Waals surface area contributed by atoms with Gasteiger partial charge >= 0.3 is 8.80 Å². The standard InChI is InChI=1S/C37H61N3O5Si/c1-6-11-14-19-32-22-24-33(25-23-32)39-40-34-26-28-36(29-27-34)45-35(20-15-12-17-30-38-37(41)7-2)21-16-13-18-31-46(42-8-3,43-9-4)44-10-5/h22-29,35H,6-21,30-31H2,1-5H3,(H,38,41). The number of nitrogens with one attached hydrogen (secondary N) is 1. The molecular formula is C37H61N3O5Si. The van der Waals surface area contributed by atoms with Crippen LogP contribution in [0, 0.1) is 0 Å². The SMILES string of the molecule is CCCCCc1ccc(N=Nc2ccc(OC(CCCCCNC(=O)CC)CCCCC[Si](OCC)(OCC)OCC)cc2)cc1. The van der Waals surface area contributed by atoms with Gasteiger partial charge in [-0.05, 0) is 114 Å². The van der Waals surface area contributed by atoms with Crippen molar-refractivity contribution in [3.8, 4) is 5.75 Å². The number of ether oxygens (including phenoxy) is 1. The lowest BCUT2D eigenvalue weighted by molar-refractivity contribution is -0.120. The van der Waals surface area contributed by atoms with Gasteiger partial charge in [0.25, 0.3) is 0 Å². The van der Waals surface area contributed by atoms with Crippen molar-refractivity contribution in [3.05, 3.63) is 54.1 Å². The predicted molar refractivity (Wildman–Crippen MR) is 190 cm³/mol. The minimum absolute atomic E-state index is 0.116. The smallest absolute Gasteiger partial charge is 0.490 e. The van der Waals surface area contributed by atoms with E-state index in [9.17, 15) is 4.79 Å². The van der Waals surface area contributed by atoms with Crippen LogP contribution >= 0.6 is 0 Å². The van der Waals surface area contributed by atoms with E-state index in [1.54, 1.807) is 0 Å². The van der Waals surface area contributed by atoms with Crippen LogP contribution in [0.1, 0.15) is 117 Å². The molecule has 0 aliphatic heterocycles. The molecule has 0 aliphatic rings. The number of hydrogen-bond donors (Lipinski definition) is 1. The molecule has 0 aliphatic carbocycles. The van der Waals surface area contributed by atoms with Crippen LogP contribution in [0.3, 0.4) is 0 Å². The summed E-state index contributed by atoms with van der Waals surface area (Å²) in [4.78, 5) is 11.5. The number of unbranched alkanes of at least 4 members (excludes halogenated alkanes) is 6. The summed E-state index contributed by atoms with van der Waals surface area (Å²) in [5.41, 5.74) is 3.01. The van der Waals surface area contributed by atoms with E-state index in [0.717, 1.165) is 87.5 Å². The van der Waals surface area contributed by atoms with Gasteiger partial charge in [0.2, 0.25) is 5.91 Å². The Labute approximate surface area is 280 Å². The zero-order chi connectivity index (χ0) is 33.3. The van der Waals surface area contributed by atoms with Crippen molar-refractivity contribution >= 4 is 26.1 Å². The molecule has 1 unspecified atom stereocenters. The molecule has 2 aromatic rings. The van der Waals surface area contributed by atoms with E-state index in [0.29, 0.717) is 26.2 Å². The number of azo groups is 1. The minimum atomic E-state index is -2.60. The lowest BCUT2D eigenvalue weighted by Gasteiger charge is -2.28. The molecule has 0 saturated carbocycles. The fourth-order valence-corrected chi connectivity index (χ4v) is 8.07. The van der Waals surface area contributed by atoms with E-state index >= 15 is 0 Å². The number of benzene rings is 2. The van der Waals surface area contributed by atoms with Crippen molar-refractivity contribution in [2.45, 2.75) is 130 Å². The van der Waals surface area contributed by atoms with E-state index < -0.39 is 8.80 Å². The monoisotopic (exact) mass is 655 g/mol. The third-order valence-electron chi connectivity index (χ3n) is 7.87. The van der Waals surface area contributed by atoms with Gasteiger partial charge in [-0.15, -0.1) is 0 Å². The van der Waals surface area contributed by atoms with Crippen molar-refractivity contribution in [3.63, 3.8) is 0 Å². The summed E-state index contributed by atoms with van der Waals surface area (Å²) in [6.07, 6.45) is 13.7. The van der Waals surface area contributed by atoms with Crippen molar-refractivity contribution in [1.29, 1.82) is 0 Å². The summed E-state index contributed by atoms with van der Waals surface area (Å²) in [6.45, 7) is 12.7. The van der Waals surface area contributed by atoms with Crippen LogP contribution in [0.15, 0.2) is 58.8 Å². The molecule has 0 aromatic heterocycles. The fraction of sp³-hybridized carbons (Fsp3) is 0.649. The number of rotatable bonds is 27. The second-order valence-electron chi connectivity index (χ2n) is 11.7. The molecule has 258 valence electrons. The summed E-state index contributed by atoms with van der Waals surface area (Å²) in [5, 5.41) is 11.8. The first kappa shape index (κ1) is 39.6. The Balaban J connectivity index is 1.91. The van der Waals surface area contributed by atoms with E-state index in [4.69, 9.17) is 18.0 Å². The Morgan fingerprint density at radius 1 is 0.696 bits per heavy atom. The lowest BCUT2D eigenvalue weighted by Crippen LogP contribution is -2.45. The minimum Gasteiger partial charge on any atom is -0.490 e. The topological polar surface area (TPSA) is 90.7 Å². The number of carbonyl (C=O) groups excluding carboxylic acids is 1. The lowest BCUT2D eigenvalue weighted by atomic mass is 10.0. The Morgan fingerprint density at radius 2 is 1.26 bits per heavy atom. The molecule has 0 heterocycles. The highest BCUT2D eigenvalue weighted by Crippen LogP contribution is 2.26. The quantitative estimate of drug-likeness (QED) is 0.0587. The van der Waals surface area contributed by atoms with Crippen LogP contribution in [0.2, 0.25) is 6.04 Å². The van der Waals surface area contributed by atoms with Gasteiger partial charge < -0.3 is 23.3 Å². The maximum absolute atomic E-state index is 11.5. The van der Waals surface area contributed by atoms with Crippen molar-refractivity contribution in [1.82, 2.24) is 5.32 Å². The maximum Gasteiger partial charge on any atom is 0.500 e. The van der Waals surface area contributed by atoms with Crippen molar-refractivity contribution < 1.29 is 22.8 Å². The highest BCUT2D eigenvalue weighted by atomic mass is 28.4.